The molecule has 122 valence electrons. The Morgan fingerprint density at radius 1 is 0.833 bits per heavy atom. The zero-order chi connectivity index (χ0) is 16.9. The molecule has 0 saturated carbocycles. The second-order valence-corrected chi connectivity index (χ2v) is 6.61. The smallest absolute Gasteiger partial charge is 0.343 e. The predicted molar refractivity (Wildman–Crippen MR) is 79.3 cm³/mol. The third-order valence-electron chi connectivity index (χ3n) is 4.98. The van der Waals surface area contributed by atoms with E-state index in [1.54, 1.807) is 0 Å². The van der Waals surface area contributed by atoms with Crippen LogP contribution in [-0.4, -0.2) is 23.9 Å². The molecule has 1 spiro atoms. The zero-order valence-corrected chi connectivity index (χ0v) is 12.7. The fourth-order valence-corrected chi connectivity index (χ4v) is 4.05. The summed E-state index contributed by atoms with van der Waals surface area (Å²) in [7, 11) is 0. The van der Waals surface area contributed by atoms with Crippen molar-refractivity contribution in [1.29, 1.82) is 0 Å². The lowest BCUT2D eigenvalue weighted by atomic mass is 9.62. The summed E-state index contributed by atoms with van der Waals surface area (Å²) in [5.41, 5.74) is 0.822. The highest BCUT2D eigenvalue weighted by Gasteiger charge is 2.52. The average Bonchev–Trinajstić information content (AvgIpc) is 2.80. The van der Waals surface area contributed by atoms with Crippen molar-refractivity contribution in [3.05, 3.63) is 47.0 Å². The van der Waals surface area contributed by atoms with Gasteiger partial charge in [-0.15, -0.1) is 0 Å². The van der Waals surface area contributed by atoms with Crippen molar-refractivity contribution in [2.45, 2.75) is 31.6 Å². The molecule has 1 atom stereocenters. The molecule has 24 heavy (non-hydrogen) atoms. The monoisotopic (exact) mass is 326 g/mol. The first-order valence-corrected chi connectivity index (χ1v) is 7.75. The minimum atomic E-state index is -0.699. The lowest BCUT2D eigenvalue weighted by molar-refractivity contribution is -0.170. The summed E-state index contributed by atoms with van der Waals surface area (Å²) in [5, 5.41) is 0. The van der Waals surface area contributed by atoms with Gasteiger partial charge in [-0.2, -0.15) is 0 Å². The molecule has 1 fully saturated rings. The third kappa shape index (κ3) is 2.26. The van der Waals surface area contributed by atoms with Crippen LogP contribution in [0.5, 0.6) is 0 Å². The summed E-state index contributed by atoms with van der Waals surface area (Å²) >= 11 is 0. The summed E-state index contributed by atoms with van der Waals surface area (Å²) in [6.07, 6.45) is 0.733. The van der Waals surface area contributed by atoms with Gasteiger partial charge in [0.05, 0.1) is 18.4 Å². The van der Waals surface area contributed by atoms with E-state index >= 15 is 0 Å². The Kier molecular flexibility index (Phi) is 3.16. The van der Waals surface area contributed by atoms with Gasteiger partial charge >= 0.3 is 23.9 Å². The number of rotatable bonds is 1. The Morgan fingerprint density at radius 2 is 1.50 bits per heavy atom. The van der Waals surface area contributed by atoms with Crippen LogP contribution in [-0.2, 0) is 28.7 Å². The first-order chi connectivity index (χ1) is 11.5. The number of ether oxygens (including phenoxy) is 2. The highest BCUT2D eigenvalue weighted by Crippen LogP contribution is 2.54. The van der Waals surface area contributed by atoms with Crippen LogP contribution in [0.1, 0.15) is 37.2 Å². The molecular weight excluding hydrogens is 312 g/mol. The Morgan fingerprint density at radius 3 is 2.17 bits per heavy atom. The van der Waals surface area contributed by atoms with Crippen LogP contribution < -0.4 is 0 Å². The lowest BCUT2D eigenvalue weighted by Crippen LogP contribution is -2.40. The topological polar surface area (TPSA) is 86.7 Å². The molecule has 4 rings (SSSR count). The molecule has 6 heteroatoms. The van der Waals surface area contributed by atoms with Gasteiger partial charge in [-0.3, -0.25) is 9.59 Å². The van der Waals surface area contributed by atoms with Crippen LogP contribution in [0.2, 0.25) is 0 Å². The number of hydrogen-bond donors (Lipinski definition) is 0. The minimum absolute atomic E-state index is 0.0559. The standard InChI is InChI=1S/C18H14O6/c19-13-8-18(9-14(20)23-13)6-11(10-4-2-1-3-5-10)15-12(7-18)16(21)24-17(15)22/h1-5,11H,6-9H2. The molecule has 1 saturated heterocycles. The van der Waals surface area contributed by atoms with Crippen LogP contribution in [0.25, 0.3) is 0 Å². The van der Waals surface area contributed by atoms with Crippen molar-refractivity contribution in [3.8, 4) is 0 Å². The fourth-order valence-electron chi connectivity index (χ4n) is 4.05. The Balaban J connectivity index is 1.82. The highest BCUT2D eigenvalue weighted by molar-refractivity contribution is 6.13. The van der Waals surface area contributed by atoms with Gasteiger partial charge in [-0.05, 0) is 23.8 Å². The predicted octanol–water partition coefficient (Wildman–Crippen LogP) is 1.79. The average molecular weight is 326 g/mol. The van der Waals surface area contributed by atoms with Crippen molar-refractivity contribution in [3.63, 3.8) is 0 Å². The van der Waals surface area contributed by atoms with Gasteiger partial charge in [0, 0.05) is 11.5 Å². The molecule has 1 unspecified atom stereocenters. The highest BCUT2D eigenvalue weighted by atomic mass is 16.6. The van der Waals surface area contributed by atoms with E-state index in [0.29, 0.717) is 17.6 Å². The molecule has 2 heterocycles. The van der Waals surface area contributed by atoms with E-state index in [-0.39, 0.29) is 25.2 Å². The Bertz CT molecular complexity index is 788. The van der Waals surface area contributed by atoms with Crippen molar-refractivity contribution in [1.82, 2.24) is 0 Å². The van der Waals surface area contributed by atoms with E-state index in [1.807, 2.05) is 30.3 Å². The van der Waals surface area contributed by atoms with Crippen molar-refractivity contribution in [2.75, 3.05) is 0 Å². The summed E-state index contributed by atoms with van der Waals surface area (Å²) in [6, 6.07) is 9.29. The first-order valence-electron chi connectivity index (χ1n) is 7.75. The quantitative estimate of drug-likeness (QED) is 0.578. The van der Waals surface area contributed by atoms with Crippen LogP contribution in [0, 0.1) is 5.41 Å². The summed E-state index contributed by atoms with van der Waals surface area (Å²) in [5.74, 6) is -2.82. The molecule has 0 radical (unpaired) electrons. The molecule has 1 aromatic carbocycles. The number of cyclic esters (lactones) is 4. The van der Waals surface area contributed by atoms with E-state index in [2.05, 4.69) is 4.74 Å². The molecule has 6 nitrogen and oxygen atoms in total. The molecule has 1 aromatic rings. The van der Waals surface area contributed by atoms with E-state index in [0.717, 1.165) is 5.56 Å². The second-order valence-electron chi connectivity index (χ2n) is 6.61. The first kappa shape index (κ1) is 14.8. The van der Waals surface area contributed by atoms with Crippen molar-refractivity contribution >= 4 is 23.9 Å². The normalized spacial score (nSPS) is 25.6. The van der Waals surface area contributed by atoms with Gasteiger partial charge < -0.3 is 9.47 Å². The zero-order valence-electron chi connectivity index (χ0n) is 12.7. The maximum absolute atomic E-state index is 12.1. The Labute approximate surface area is 137 Å². The minimum Gasteiger partial charge on any atom is -0.393 e. The maximum Gasteiger partial charge on any atom is 0.343 e. The molecule has 2 aliphatic heterocycles. The molecule has 0 aromatic heterocycles. The largest absolute Gasteiger partial charge is 0.393 e. The summed E-state index contributed by atoms with van der Waals surface area (Å²) in [6.45, 7) is 0. The van der Waals surface area contributed by atoms with E-state index in [4.69, 9.17) is 4.74 Å². The van der Waals surface area contributed by atoms with Crippen LogP contribution >= 0.6 is 0 Å². The SMILES string of the molecule is O=C1CC2(CC(=O)O1)CC1=C(C(=O)OC1=O)C(c1ccccc1)C2. The van der Waals surface area contributed by atoms with E-state index in [1.165, 1.54) is 0 Å². The number of esters is 4. The molecule has 0 amide bonds. The number of benzene rings is 1. The molecule has 0 N–H and O–H groups in total. The van der Waals surface area contributed by atoms with Gasteiger partial charge in [-0.25, -0.2) is 9.59 Å². The molecule has 3 aliphatic rings. The maximum atomic E-state index is 12.1. The number of carbonyl (C=O) groups excluding carboxylic acids is 4. The fraction of sp³-hybridized carbons (Fsp3) is 0.333. The summed E-state index contributed by atoms with van der Waals surface area (Å²) < 4.78 is 9.43. The molecular formula is C18H14O6. The third-order valence-corrected chi connectivity index (χ3v) is 4.98. The van der Waals surface area contributed by atoms with Gasteiger partial charge in [0.15, 0.2) is 0 Å². The van der Waals surface area contributed by atoms with E-state index in [9.17, 15) is 19.2 Å². The van der Waals surface area contributed by atoms with Crippen molar-refractivity contribution in [2.24, 2.45) is 5.41 Å². The summed E-state index contributed by atoms with van der Waals surface area (Å²) in [4.78, 5) is 47.8. The molecule has 0 bridgehead atoms. The van der Waals surface area contributed by atoms with Crippen molar-refractivity contribution < 1.29 is 28.7 Å². The second kappa shape index (κ2) is 5.12. The van der Waals surface area contributed by atoms with Gasteiger partial charge in [-0.1, -0.05) is 30.3 Å². The number of hydrogen-bond acceptors (Lipinski definition) is 6. The molecule has 1 aliphatic carbocycles. The van der Waals surface area contributed by atoms with Gasteiger partial charge in [0.1, 0.15) is 0 Å². The van der Waals surface area contributed by atoms with Crippen LogP contribution in [0.15, 0.2) is 41.5 Å². The van der Waals surface area contributed by atoms with E-state index < -0.39 is 29.3 Å². The van der Waals surface area contributed by atoms with Gasteiger partial charge in [0.25, 0.3) is 0 Å². The number of carbonyl (C=O) groups is 4. The Hall–Kier alpha value is -2.76. The lowest BCUT2D eigenvalue weighted by Gasteiger charge is -2.41. The van der Waals surface area contributed by atoms with Crippen LogP contribution in [0.3, 0.4) is 0 Å². The van der Waals surface area contributed by atoms with Gasteiger partial charge in [0.2, 0.25) is 0 Å². The van der Waals surface area contributed by atoms with Crippen LogP contribution in [0.4, 0.5) is 0 Å².